The molecule has 0 fully saturated rings. The minimum Gasteiger partial charge on any atom is -0.483 e. The van der Waals surface area contributed by atoms with Gasteiger partial charge in [0.2, 0.25) is 0 Å². The molecule has 0 aliphatic heterocycles. The molecule has 1 N–H and O–H groups in total. The third-order valence-electron chi connectivity index (χ3n) is 4.92. The molecule has 5 rings (SSSR count). The van der Waals surface area contributed by atoms with Crippen molar-refractivity contribution in [2.24, 2.45) is 0 Å². The first-order chi connectivity index (χ1) is 14.8. The summed E-state index contributed by atoms with van der Waals surface area (Å²) in [6.45, 7) is -0.0722. The average Bonchev–Trinajstić information content (AvgIpc) is 3.25. The predicted molar refractivity (Wildman–Crippen MR) is 123 cm³/mol. The second-order valence-electron chi connectivity index (χ2n) is 6.88. The zero-order valence-electron chi connectivity index (χ0n) is 16.0. The van der Waals surface area contributed by atoms with Crippen LogP contribution in [-0.4, -0.2) is 17.5 Å². The van der Waals surface area contributed by atoms with Gasteiger partial charge in [-0.1, -0.05) is 78.9 Å². The lowest BCUT2D eigenvalue weighted by Gasteiger charge is -2.09. The van der Waals surface area contributed by atoms with Crippen molar-refractivity contribution < 1.29 is 9.53 Å². The van der Waals surface area contributed by atoms with Gasteiger partial charge in [-0.3, -0.25) is 10.1 Å². The van der Waals surface area contributed by atoms with Crippen molar-refractivity contribution >= 4 is 43.9 Å². The van der Waals surface area contributed by atoms with Crippen LogP contribution in [0.3, 0.4) is 0 Å². The summed E-state index contributed by atoms with van der Waals surface area (Å²) >= 11 is 1.41. The van der Waals surface area contributed by atoms with Crippen LogP contribution >= 0.6 is 11.3 Å². The Morgan fingerprint density at radius 3 is 2.33 bits per heavy atom. The van der Waals surface area contributed by atoms with Crippen molar-refractivity contribution in [3.63, 3.8) is 0 Å². The predicted octanol–water partition coefficient (Wildman–Crippen LogP) is 6.13. The van der Waals surface area contributed by atoms with E-state index in [1.54, 1.807) is 0 Å². The first-order valence-electron chi connectivity index (χ1n) is 9.62. The molecule has 0 saturated heterocycles. The Kier molecular flexibility index (Phi) is 4.87. The van der Waals surface area contributed by atoms with Crippen molar-refractivity contribution in [1.29, 1.82) is 0 Å². The number of amides is 1. The molecule has 1 aromatic heterocycles. The monoisotopic (exact) mass is 410 g/mol. The molecule has 1 heterocycles. The topological polar surface area (TPSA) is 51.2 Å². The van der Waals surface area contributed by atoms with Gasteiger partial charge in [0.25, 0.3) is 5.91 Å². The van der Waals surface area contributed by atoms with Crippen molar-refractivity contribution in [3.8, 4) is 17.0 Å². The fraction of sp³-hybridized carbons (Fsp3) is 0.0400. The van der Waals surface area contributed by atoms with E-state index in [0.717, 1.165) is 32.8 Å². The van der Waals surface area contributed by atoms with E-state index in [1.165, 1.54) is 11.3 Å². The number of fused-ring (bicyclic) bond motifs is 2. The summed E-state index contributed by atoms with van der Waals surface area (Å²) in [5, 5.41) is 9.73. The highest BCUT2D eigenvalue weighted by Crippen LogP contribution is 2.31. The van der Waals surface area contributed by atoms with E-state index in [2.05, 4.69) is 28.5 Å². The quantitative estimate of drug-likeness (QED) is 0.379. The minimum absolute atomic E-state index is 0.0722. The van der Waals surface area contributed by atoms with Crippen molar-refractivity contribution in [2.45, 2.75) is 0 Å². The van der Waals surface area contributed by atoms with Crippen LogP contribution in [0, 0.1) is 0 Å². The normalized spacial score (nSPS) is 10.9. The molecule has 0 saturated carbocycles. The number of thiazole rings is 1. The van der Waals surface area contributed by atoms with Crippen LogP contribution in [0.2, 0.25) is 0 Å². The number of hydrogen-bond donors (Lipinski definition) is 1. The maximum Gasteiger partial charge on any atom is 0.264 e. The first-order valence-corrected chi connectivity index (χ1v) is 10.5. The third kappa shape index (κ3) is 3.63. The van der Waals surface area contributed by atoms with Crippen LogP contribution in [-0.2, 0) is 4.79 Å². The molecular weight excluding hydrogens is 392 g/mol. The summed E-state index contributed by atoms with van der Waals surface area (Å²) in [4.78, 5) is 17.0. The van der Waals surface area contributed by atoms with Crippen molar-refractivity contribution in [1.82, 2.24) is 4.98 Å². The Hall–Kier alpha value is -3.70. The fourth-order valence-corrected chi connectivity index (χ4v) is 4.25. The Morgan fingerprint density at radius 1 is 0.833 bits per heavy atom. The zero-order valence-corrected chi connectivity index (χ0v) is 16.9. The summed E-state index contributed by atoms with van der Waals surface area (Å²) < 4.78 is 5.77. The number of nitrogens with one attached hydrogen (secondary N) is 1. The van der Waals surface area contributed by atoms with E-state index in [0.29, 0.717) is 10.9 Å². The molecule has 146 valence electrons. The van der Waals surface area contributed by atoms with E-state index in [4.69, 9.17) is 4.74 Å². The Labute approximate surface area is 177 Å². The highest BCUT2D eigenvalue weighted by Gasteiger charge is 2.11. The molecule has 0 radical (unpaired) electrons. The Balaban J connectivity index is 1.30. The molecule has 4 nitrogen and oxygen atoms in total. The van der Waals surface area contributed by atoms with E-state index in [9.17, 15) is 4.79 Å². The molecule has 0 aliphatic carbocycles. The minimum atomic E-state index is -0.234. The van der Waals surface area contributed by atoms with Gasteiger partial charge in [0.1, 0.15) is 5.75 Å². The van der Waals surface area contributed by atoms with Gasteiger partial charge in [-0.05, 0) is 22.2 Å². The standard InChI is InChI=1S/C25H18N2O2S/c28-24(15-29-23-14-6-10-18-8-2-4-12-20(18)23)27-25-26-22(16-30-25)21-13-5-9-17-7-1-3-11-19(17)21/h1-14,16H,15H2,(H,26,27,28). The summed E-state index contributed by atoms with van der Waals surface area (Å²) in [5.74, 6) is 0.459. The van der Waals surface area contributed by atoms with Gasteiger partial charge >= 0.3 is 0 Å². The second kappa shape index (κ2) is 7.97. The summed E-state index contributed by atoms with van der Waals surface area (Å²) in [6.07, 6.45) is 0. The highest BCUT2D eigenvalue weighted by atomic mass is 32.1. The maximum atomic E-state index is 12.4. The van der Waals surface area contributed by atoms with Crippen molar-refractivity contribution in [2.75, 3.05) is 11.9 Å². The molecule has 0 bridgehead atoms. The van der Waals surface area contributed by atoms with E-state index in [-0.39, 0.29) is 12.5 Å². The van der Waals surface area contributed by atoms with Gasteiger partial charge in [-0.2, -0.15) is 0 Å². The number of ether oxygens (including phenoxy) is 1. The molecule has 0 unspecified atom stereocenters. The lowest BCUT2D eigenvalue weighted by atomic mass is 10.0. The number of aromatic nitrogens is 1. The number of benzene rings is 4. The molecule has 30 heavy (non-hydrogen) atoms. The number of hydrogen-bond acceptors (Lipinski definition) is 4. The van der Waals surface area contributed by atoms with Gasteiger partial charge in [0, 0.05) is 16.3 Å². The maximum absolute atomic E-state index is 12.4. The van der Waals surface area contributed by atoms with E-state index >= 15 is 0 Å². The SMILES string of the molecule is O=C(COc1cccc2ccccc12)Nc1nc(-c2cccc3ccccc23)cs1. The number of carbonyl (C=O) groups is 1. The number of nitrogens with zero attached hydrogens (tertiary/aromatic N) is 1. The summed E-state index contributed by atoms with van der Waals surface area (Å²) in [6, 6.07) is 28.1. The molecule has 5 heteroatoms. The van der Waals surface area contributed by atoms with Crippen LogP contribution in [0.5, 0.6) is 5.75 Å². The van der Waals surface area contributed by atoms with Gasteiger partial charge in [-0.25, -0.2) is 4.98 Å². The van der Waals surface area contributed by atoms with Crippen LogP contribution in [0.15, 0.2) is 90.3 Å². The third-order valence-corrected chi connectivity index (χ3v) is 5.68. The number of rotatable bonds is 5. The zero-order chi connectivity index (χ0) is 20.3. The molecular formula is C25H18N2O2S. The van der Waals surface area contributed by atoms with Gasteiger partial charge in [0.05, 0.1) is 5.69 Å². The van der Waals surface area contributed by atoms with E-state index < -0.39 is 0 Å². The Morgan fingerprint density at radius 2 is 1.50 bits per heavy atom. The highest BCUT2D eigenvalue weighted by molar-refractivity contribution is 7.14. The number of carbonyl (C=O) groups excluding carboxylic acids is 1. The first kappa shape index (κ1) is 18.3. The largest absolute Gasteiger partial charge is 0.483 e. The molecule has 0 spiro atoms. The molecule has 1 amide bonds. The Bertz CT molecular complexity index is 1350. The average molecular weight is 410 g/mol. The van der Waals surface area contributed by atoms with Crippen LogP contribution in [0.25, 0.3) is 32.8 Å². The second-order valence-corrected chi connectivity index (χ2v) is 7.74. The molecule has 0 aliphatic rings. The smallest absolute Gasteiger partial charge is 0.264 e. The lowest BCUT2D eigenvalue weighted by molar-refractivity contribution is -0.118. The van der Waals surface area contributed by atoms with Crippen LogP contribution in [0.4, 0.5) is 5.13 Å². The fourth-order valence-electron chi connectivity index (χ4n) is 3.52. The van der Waals surface area contributed by atoms with Gasteiger partial charge in [0.15, 0.2) is 11.7 Å². The van der Waals surface area contributed by atoms with Crippen LogP contribution < -0.4 is 10.1 Å². The van der Waals surface area contributed by atoms with Gasteiger partial charge in [-0.15, -0.1) is 11.3 Å². The van der Waals surface area contributed by atoms with Crippen LogP contribution in [0.1, 0.15) is 0 Å². The van der Waals surface area contributed by atoms with E-state index in [1.807, 2.05) is 72.1 Å². The van der Waals surface area contributed by atoms with Gasteiger partial charge < -0.3 is 4.74 Å². The molecule has 0 atom stereocenters. The molecule has 4 aromatic carbocycles. The molecule has 5 aromatic rings. The number of anilines is 1. The summed E-state index contributed by atoms with van der Waals surface area (Å²) in [5.41, 5.74) is 1.90. The summed E-state index contributed by atoms with van der Waals surface area (Å²) in [7, 11) is 0. The van der Waals surface area contributed by atoms with Crippen molar-refractivity contribution in [3.05, 3.63) is 90.3 Å². The lowest BCUT2D eigenvalue weighted by Crippen LogP contribution is -2.20.